The van der Waals surface area contributed by atoms with Gasteiger partial charge >= 0.3 is 12.1 Å². The molecule has 0 aliphatic carbocycles. The number of nitrogens with zero attached hydrogens (tertiary/aromatic N) is 1. The molecule has 43 heavy (non-hydrogen) atoms. The van der Waals surface area contributed by atoms with Crippen LogP contribution in [0.4, 0.5) is 4.79 Å². The van der Waals surface area contributed by atoms with Crippen LogP contribution in [0.3, 0.4) is 0 Å². The van der Waals surface area contributed by atoms with Crippen LogP contribution in [-0.2, 0) is 36.9 Å². The van der Waals surface area contributed by atoms with Crippen molar-refractivity contribution in [3.05, 3.63) is 64.7 Å². The van der Waals surface area contributed by atoms with Crippen LogP contribution < -0.4 is 15.4 Å². The van der Waals surface area contributed by atoms with Crippen LogP contribution in [0, 0.1) is 0 Å². The number of ether oxygens (including phenoxy) is 3. The van der Waals surface area contributed by atoms with E-state index >= 15 is 0 Å². The summed E-state index contributed by atoms with van der Waals surface area (Å²) >= 11 is 6.21. The van der Waals surface area contributed by atoms with Crippen molar-refractivity contribution in [2.24, 2.45) is 0 Å². The van der Waals surface area contributed by atoms with Gasteiger partial charge in [-0.25, -0.2) is 9.59 Å². The molecule has 10 nitrogen and oxygen atoms in total. The van der Waals surface area contributed by atoms with Crippen LogP contribution in [0.15, 0.2) is 48.5 Å². The first kappa shape index (κ1) is 33.7. The van der Waals surface area contributed by atoms with E-state index in [2.05, 4.69) is 10.6 Å². The fourth-order valence-corrected chi connectivity index (χ4v) is 4.91. The monoisotopic (exact) mass is 615 g/mol. The molecule has 0 spiro atoms. The predicted octanol–water partition coefficient (Wildman–Crippen LogP) is 4.80. The molecule has 11 heteroatoms. The van der Waals surface area contributed by atoms with E-state index in [9.17, 15) is 19.2 Å². The molecule has 2 aromatic rings. The van der Waals surface area contributed by atoms with E-state index in [1.165, 1.54) is 12.0 Å². The Kier molecular flexibility index (Phi) is 11.4. The van der Waals surface area contributed by atoms with Gasteiger partial charge in [0.05, 0.1) is 12.1 Å². The lowest BCUT2D eigenvalue weighted by Crippen LogP contribution is -2.61. The van der Waals surface area contributed by atoms with Crippen molar-refractivity contribution < 1.29 is 33.4 Å². The number of hydrogen-bond acceptors (Lipinski definition) is 7. The molecule has 0 unspecified atom stereocenters. The fourth-order valence-electron chi connectivity index (χ4n) is 4.72. The van der Waals surface area contributed by atoms with E-state index in [-0.39, 0.29) is 19.4 Å². The molecule has 3 amide bonds. The minimum atomic E-state index is -1.38. The summed E-state index contributed by atoms with van der Waals surface area (Å²) in [7, 11) is 1.49. The standard InChI is InChI=1S/C32H42ClN3O7/c1-7-32(5,35-30(40)43-31(2,3)4)29(39)34-24(18-22-15-16-23(33)26(19-22)41-6)27(37)36-17-11-14-25(36)28(38)42-20-21-12-9-8-10-13-21/h8-10,12-13,15-16,19,24-25H,7,11,14,17-18,20H2,1-6H3,(H,34,39)(H,35,40)/t24-,25+,32-/m0/s1. The molecule has 1 fully saturated rings. The number of carbonyl (C=O) groups is 4. The van der Waals surface area contributed by atoms with Gasteiger partial charge in [-0.15, -0.1) is 0 Å². The van der Waals surface area contributed by atoms with Crippen molar-refractivity contribution in [2.75, 3.05) is 13.7 Å². The Balaban J connectivity index is 1.84. The maximum absolute atomic E-state index is 14.1. The highest BCUT2D eigenvalue weighted by Gasteiger charge is 2.41. The Bertz CT molecular complexity index is 1300. The second-order valence-electron chi connectivity index (χ2n) is 11.8. The summed E-state index contributed by atoms with van der Waals surface area (Å²) in [6, 6.07) is 12.5. The Morgan fingerprint density at radius 1 is 1.05 bits per heavy atom. The van der Waals surface area contributed by atoms with E-state index in [0.717, 1.165) is 5.56 Å². The summed E-state index contributed by atoms with van der Waals surface area (Å²) in [6.45, 7) is 8.92. The number of nitrogens with one attached hydrogen (secondary N) is 2. The molecule has 0 radical (unpaired) electrons. The Morgan fingerprint density at radius 2 is 1.74 bits per heavy atom. The van der Waals surface area contributed by atoms with Crippen molar-refractivity contribution in [3.8, 4) is 5.75 Å². The van der Waals surface area contributed by atoms with Crippen molar-refractivity contribution in [1.82, 2.24) is 15.5 Å². The summed E-state index contributed by atoms with van der Waals surface area (Å²) in [5.74, 6) is -1.08. The SMILES string of the molecule is CC[C@](C)(NC(=O)OC(C)(C)C)C(=O)N[C@@H](Cc1ccc(Cl)c(OC)c1)C(=O)N1CCC[C@@H]1C(=O)OCc1ccccc1. The topological polar surface area (TPSA) is 123 Å². The third-order valence-electron chi connectivity index (χ3n) is 7.28. The van der Waals surface area contributed by atoms with Crippen LogP contribution in [0.25, 0.3) is 0 Å². The molecule has 1 aliphatic rings. The molecule has 2 aromatic carbocycles. The zero-order valence-electron chi connectivity index (χ0n) is 25.7. The Labute approximate surface area is 258 Å². The highest BCUT2D eigenvalue weighted by molar-refractivity contribution is 6.32. The van der Waals surface area contributed by atoms with Gasteiger partial charge in [0.15, 0.2) is 0 Å². The minimum absolute atomic E-state index is 0.0899. The number of halogens is 1. The smallest absolute Gasteiger partial charge is 0.408 e. The van der Waals surface area contributed by atoms with Gasteiger partial charge < -0.3 is 29.7 Å². The van der Waals surface area contributed by atoms with Crippen molar-refractivity contribution in [1.29, 1.82) is 0 Å². The van der Waals surface area contributed by atoms with Crippen LogP contribution in [0.5, 0.6) is 5.75 Å². The molecule has 234 valence electrons. The molecule has 0 aromatic heterocycles. The molecule has 2 N–H and O–H groups in total. The van der Waals surface area contributed by atoms with Gasteiger partial charge in [-0.3, -0.25) is 9.59 Å². The van der Waals surface area contributed by atoms with Gasteiger partial charge in [-0.05, 0) is 70.2 Å². The van der Waals surface area contributed by atoms with Crippen LogP contribution in [0.1, 0.15) is 65.0 Å². The zero-order chi connectivity index (χ0) is 31.8. The van der Waals surface area contributed by atoms with E-state index in [1.54, 1.807) is 52.8 Å². The molecule has 0 bridgehead atoms. The number of hydrogen-bond donors (Lipinski definition) is 2. The average molecular weight is 616 g/mol. The Hall–Kier alpha value is -3.79. The molecule has 3 atom stereocenters. The quantitative estimate of drug-likeness (QED) is 0.348. The number of amides is 3. The highest BCUT2D eigenvalue weighted by Crippen LogP contribution is 2.27. The second-order valence-corrected chi connectivity index (χ2v) is 12.2. The van der Waals surface area contributed by atoms with Gasteiger partial charge in [0, 0.05) is 13.0 Å². The number of benzene rings is 2. The van der Waals surface area contributed by atoms with Gasteiger partial charge in [0.1, 0.15) is 35.6 Å². The minimum Gasteiger partial charge on any atom is -0.495 e. The zero-order valence-corrected chi connectivity index (χ0v) is 26.5. The maximum atomic E-state index is 14.1. The van der Waals surface area contributed by atoms with E-state index in [4.69, 9.17) is 25.8 Å². The van der Waals surface area contributed by atoms with E-state index < -0.39 is 47.1 Å². The largest absolute Gasteiger partial charge is 0.495 e. The van der Waals surface area contributed by atoms with E-state index in [1.807, 2.05) is 30.3 Å². The van der Waals surface area contributed by atoms with Gasteiger partial charge in [-0.2, -0.15) is 0 Å². The van der Waals surface area contributed by atoms with Gasteiger partial charge in [-0.1, -0.05) is 54.9 Å². The number of rotatable bonds is 11. The predicted molar refractivity (Wildman–Crippen MR) is 163 cm³/mol. The summed E-state index contributed by atoms with van der Waals surface area (Å²) in [4.78, 5) is 54.9. The van der Waals surface area contributed by atoms with Gasteiger partial charge in [0.25, 0.3) is 0 Å². The first-order valence-corrected chi connectivity index (χ1v) is 14.8. The summed E-state index contributed by atoms with van der Waals surface area (Å²) in [5, 5.41) is 5.90. The number of methoxy groups -OCH3 is 1. The van der Waals surface area contributed by atoms with E-state index in [0.29, 0.717) is 35.7 Å². The molecule has 0 saturated carbocycles. The highest BCUT2D eigenvalue weighted by atomic mass is 35.5. The average Bonchev–Trinajstić information content (AvgIpc) is 3.45. The molecular weight excluding hydrogens is 574 g/mol. The Morgan fingerprint density at radius 3 is 2.37 bits per heavy atom. The number of alkyl carbamates (subject to hydrolysis) is 1. The van der Waals surface area contributed by atoms with Crippen LogP contribution in [-0.4, -0.2) is 65.7 Å². The summed E-state index contributed by atoms with van der Waals surface area (Å²) in [6.07, 6.45) is 0.623. The molecular formula is C32H42ClN3O7. The molecule has 3 rings (SSSR count). The van der Waals surface area contributed by atoms with Crippen LogP contribution in [0.2, 0.25) is 5.02 Å². The number of carbonyl (C=O) groups excluding carboxylic acids is 4. The lowest BCUT2D eigenvalue weighted by Gasteiger charge is -2.33. The first-order valence-electron chi connectivity index (χ1n) is 14.4. The fraction of sp³-hybridized carbons (Fsp3) is 0.500. The molecule has 1 heterocycles. The van der Waals surface area contributed by atoms with Crippen molar-refractivity contribution in [2.45, 2.75) is 90.1 Å². The number of likely N-dealkylation sites (tertiary alicyclic amines) is 1. The summed E-state index contributed by atoms with van der Waals surface area (Å²) in [5.41, 5.74) is -0.621. The molecule has 1 saturated heterocycles. The summed E-state index contributed by atoms with van der Waals surface area (Å²) < 4.78 is 16.3. The normalized spacial score (nSPS) is 16.9. The number of esters is 1. The maximum Gasteiger partial charge on any atom is 0.408 e. The first-order chi connectivity index (χ1) is 20.3. The second kappa shape index (κ2) is 14.6. The van der Waals surface area contributed by atoms with Crippen molar-refractivity contribution >= 4 is 35.5 Å². The molecule has 1 aliphatic heterocycles. The lowest BCUT2D eigenvalue weighted by molar-refractivity contribution is -0.155. The van der Waals surface area contributed by atoms with Gasteiger partial charge in [0.2, 0.25) is 11.8 Å². The lowest BCUT2D eigenvalue weighted by atomic mass is 9.96. The van der Waals surface area contributed by atoms with Crippen molar-refractivity contribution in [3.63, 3.8) is 0 Å². The third kappa shape index (κ3) is 9.35. The van der Waals surface area contributed by atoms with Crippen LogP contribution >= 0.6 is 11.6 Å². The third-order valence-corrected chi connectivity index (χ3v) is 7.59.